The predicted molar refractivity (Wildman–Crippen MR) is 233 cm³/mol. The number of fused-ring (bicyclic) bond motifs is 2. The highest BCUT2D eigenvalue weighted by Crippen LogP contribution is 2.38. The maximum absolute atomic E-state index is 12.9. The molecule has 4 aliphatic rings. The van der Waals surface area contributed by atoms with Gasteiger partial charge in [-0.3, -0.25) is 37.7 Å². The number of aromatic amines is 2. The Labute approximate surface area is 363 Å². The lowest BCUT2D eigenvalue weighted by atomic mass is 10.3. The van der Waals surface area contributed by atoms with E-state index in [0.29, 0.717) is 33.2 Å². The number of carbonyl (C=O) groups excluding carboxylic acids is 2. The Kier molecular flexibility index (Phi) is 11.0. The van der Waals surface area contributed by atoms with Gasteiger partial charge in [-0.05, 0) is 99.6 Å². The van der Waals surface area contributed by atoms with E-state index in [4.69, 9.17) is 21.1 Å². The monoisotopic (exact) mass is 872 g/mol. The number of anilines is 2. The van der Waals surface area contributed by atoms with Crippen molar-refractivity contribution in [2.45, 2.75) is 75.5 Å². The van der Waals surface area contributed by atoms with E-state index in [1.165, 1.54) is 18.9 Å². The Hall–Kier alpha value is -7.31. The van der Waals surface area contributed by atoms with Gasteiger partial charge in [0.15, 0.2) is 47.2 Å². The molecule has 2 amide bonds. The second-order valence-corrected chi connectivity index (χ2v) is 16.2. The summed E-state index contributed by atoms with van der Waals surface area (Å²) in [5.41, 5.74) is 1.32. The molecule has 19 heteroatoms. The third kappa shape index (κ3) is 8.62. The first-order valence-corrected chi connectivity index (χ1v) is 21.0. The number of rotatable bonds is 8. The molecular weight excluding hydrogens is 832 g/mol. The van der Waals surface area contributed by atoms with Crippen LogP contribution in [0.3, 0.4) is 0 Å². The van der Waals surface area contributed by atoms with E-state index in [1.807, 2.05) is 18.2 Å². The number of amides is 2. The van der Waals surface area contributed by atoms with Crippen LogP contribution >= 0.6 is 11.6 Å². The summed E-state index contributed by atoms with van der Waals surface area (Å²) in [6.07, 6.45) is 5.84. The standard InChI is InChI=1S/C22H20ClN5O4.C22H21N5O4/c1-26(14-6-4-13(23)5-7-14)22(31)32-12-2-3-17-24-18-19(25-17)27(15-8-9-15)21(30)28(20(18)29)16-10-11-16;1-25(14-6-3-2-4-7-14)22(30)31-13-5-8-17-23-18-19(24-17)26(15-9-10-15)21(29)27(20(18)28)16-11-12-16/h4-7,15-16H,8-12H2,1H3,(H,24,25);2-4,6-7,15-16H,9-13H2,1H3,(H,23,24). The fourth-order valence-electron chi connectivity index (χ4n) is 7.11. The summed E-state index contributed by atoms with van der Waals surface area (Å²) in [5.74, 6) is 11.6. The molecule has 0 atom stereocenters. The van der Waals surface area contributed by atoms with Crippen LogP contribution in [0.1, 0.15) is 87.2 Å². The van der Waals surface area contributed by atoms with Crippen molar-refractivity contribution in [1.29, 1.82) is 0 Å². The molecule has 63 heavy (non-hydrogen) atoms. The first kappa shape index (κ1) is 41.1. The van der Waals surface area contributed by atoms with Crippen molar-refractivity contribution in [2.24, 2.45) is 0 Å². The van der Waals surface area contributed by atoms with Crippen molar-refractivity contribution in [3.8, 4) is 23.7 Å². The summed E-state index contributed by atoms with van der Waals surface area (Å²) in [7, 11) is 3.20. The third-order valence-corrected chi connectivity index (χ3v) is 11.3. The van der Waals surface area contributed by atoms with Crippen molar-refractivity contribution in [3.63, 3.8) is 0 Å². The molecule has 0 spiro atoms. The molecule has 4 fully saturated rings. The Morgan fingerprint density at radius 3 is 1.40 bits per heavy atom. The van der Waals surface area contributed by atoms with Gasteiger partial charge in [0.05, 0.1) is 0 Å². The number of carbonyl (C=O) groups is 2. The number of nitrogens with one attached hydrogen (secondary N) is 2. The van der Waals surface area contributed by atoms with Crippen LogP contribution in [-0.4, -0.2) is 77.7 Å². The van der Waals surface area contributed by atoms with Gasteiger partial charge in [0, 0.05) is 54.7 Å². The van der Waals surface area contributed by atoms with Crippen LogP contribution in [0.25, 0.3) is 22.3 Å². The Morgan fingerprint density at radius 1 is 0.619 bits per heavy atom. The lowest BCUT2D eigenvalue weighted by molar-refractivity contribution is 0.168. The van der Waals surface area contributed by atoms with Crippen molar-refractivity contribution < 1.29 is 19.1 Å². The minimum atomic E-state index is -0.568. The zero-order valence-corrected chi connectivity index (χ0v) is 35.1. The van der Waals surface area contributed by atoms with Crippen LogP contribution in [0.15, 0.2) is 73.8 Å². The Morgan fingerprint density at radius 2 is 1.00 bits per heavy atom. The highest BCUT2D eigenvalue weighted by atomic mass is 35.5. The quantitative estimate of drug-likeness (QED) is 0.196. The van der Waals surface area contributed by atoms with E-state index in [-0.39, 0.29) is 77.0 Å². The molecule has 0 bridgehead atoms. The molecule has 0 aliphatic heterocycles. The van der Waals surface area contributed by atoms with Gasteiger partial charge in [-0.1, -0.05) is 41.6 Å². The molecule has 2 N–H and O–H groups in total. The number of nitrogens with zero attached hydrogens (tertiary/aromatic N) is 8. The van der Waals surface area contributed by atoms with E-state index >= 15 is 0 Å². The number of hydrogen-bond acceptors (Lipinski definition) is 10. The van der Waals surface area contributed by atoms with Crippen molar-refractivity contribution in [1.82, 2.24) is 38.2 Å². The molecule has 0 saturated heterocycles. The van der Waals surface area contributed by atoms with Crippen LogP contribution in [0.2, 0.25) is 5.02 Å². The minimum absolute atomic E-state index is 0.0201. The number of imidazole rings is 2. The maximum Gasteiger partial charge on any atom is 0.414 e. The van der Waals surface area contributed by atoms with Gasteiger partial charge in [-0.25, -0.2) is 29.1 Å². The number of para-hydroxylation sites is 1. The highest BCUT2D eigenvalue weighted by Gasteiger charge is 2.36. The summed E-state index contributed by atoms with van der Waals surface area (Å²) < 4.78 is 16.3. The minimum Gasteiger partial charge on any atom is -0.436 e. The van der Waals surface area contributed by atoms with Gasteiger partial charge in [0.1, 0.15) is 0 Å². The molecule has 4 aromatic heterocycles. The number of hydrogen-bond donors (Lipinski definition) is 2. The highest BCUT2D eigenvalue weighted by molar-refractivity contribution is 6.30. The fraction of sp³-hybridized carbons (Fsp3) is 0.364. The van der Waals surface area contributed by atoms with Gasteiger partial charge in [0.2, 0.25) is 0 Å². The normalized spacial score (nSPS) is 15.3. The van der Waals surface area contributed by atoms with Crippen LogP contribution < -0.4 is 32.3 Å². The molecule has 10 rings (SSSR count). The summed E-state index contributed by atoms with van der Waals surface area (Å²) >= 11 is 5.86. The lowest BCUT2D eigenvalue weighted by Crippen LogP contribution is -2.39. The average Bonchev–Trinajstić information content (AvgIpc) is 4.04. The largest absolute Gasteiger partial charge is 0.436 e. The topological polar surface area (TPSA) is 204 Å². The zero-order valence-electron chi connectivity index (χ0n) is 34.3. The Bertz CT molecular complexity index is 3140. The third-order valence-electron chi connectivity index (χ3n) is 11.0. The number of ether oxygens (including phenoxy) is 2. The van der Waals surface area contributed by atoms with Crippen LogP contribution in [0, 0.1) is 23.7 Å². The number of halogens is 1. The van der Waals surface area contributed by atoms with Gasteiger partial charge in [-0.15, -0.1) is 0 Å². The molecule has 0 radical (unpaired) electrons. The van der Waals surface area contributed by atoms with Crippen LogP contribution in [0.4, 0.5) is 21.0 Å². The van der Waals surface area contributed by atoms with Crippen molar-refractivity contribution >= 4 is 57.5 Å². The van der Waals surface area contributed by atoms with E-state index in [1.54, 1.807) is 59.6 Å². The van der Waals surface area contributed by atoms with Gasteiger partial charge in [-0.2, -0.15) is 0 Å². The molecule has 6 aromatic rings. The molecule has 0 unspecified atom stereocenters. The molecular formula is C44H41ClN10O8. The van der Waals surface area contributed by atoms with Crippen LogP contribution in [0.5, 0.6) is 0 Å². The summed E-state index contributed by atoms with van der Waals surface area (Å²) in [6, 6.07) is 16.0. The number of H-pyrrole nitrogens is 2. The summed E-state index contributed by atoms with van der Waals surface area (Å²) in [4.78, 5) is 93.1. The second kappa shape index (κ2) is 16.9. The second-order valence-electron chi connectivity index (χ2n) is 15.8. The first-order chi connectivity index (χ1) is 30.5. The first-order valence-electron chi connectivity index (χ1n) is 20.6. The lowest BCUT2D eigenvalue weighted by Gasteiger charge is -2.15. The van der Waals surface area contributed by atoms with Crippen molar-refractivity contribution in [3.05, 3.63) is 113 Å². The van der Waals surface area contributed by atoms with Gasteiger partial charge >= 0.3 is 23.6 Å². The molecule has 2 aromatic carbocycles. The SMILES string of the molecule is CN(C(=O)OCC#Cc1nc2c([nH]1)c(=O)n(C1CC1)c(=O)n2C1CC1)c1ccc(Cl)cc1.CN(C(=O)OCC#Cc1nc2c([nH]1)c(=O)n(C1CC1)c(=O)n2C1CC1)c1ccccc1. The van der Waals surface area contributed by atoms with E-state index in [9.17, 15) is 28.8 Å². The molecule has 4 aliphatic carbocycles. The van der Waals surface area contributed by atoms with Gasteiger partial charge < -0.3 is 19.4 Å². The van der Waals surface area contributed by atoms with Crippen LogP contribution in [-0.2, 0) is 9.47 Å². The number of aromatic nitrogens is 8. The molecule has 322 valence electrons. The Balaban J connectivity index is 0.000000160. The summed E-state index contributed by atoms with van der Waals surface area (Å²) in [6.45, 7) is -0.287. The van der Waals surface area contributed by atoms with E-state index in [2.05, 4.69) is 43.6 Å². The zero-order chi connectivity index (χ0) is 43.9. The van der Waals surface area contributed by atoms with E-state index in [0.717, 1.165) is 51.4 Å². The maximum atomic E-state index is 12.9. The molecule has 18 nitrogen and oxygen atoms in total. The smallest absolute Gasteiger partial charge is 0.414 e. The fourth-order valence-corrected chi connectivity index (χ4v) is 7.24. The number of benzene rings is 2. The predicted octanol–water partition coefficient (Wildman–Crippen LogP) is 5.01. The average molecular weight is 873 g/mol. The van der Waals surface area contributed by atoms with E-state index < -0.39 is 12.2 Å². The summed E-state index contributed by atoms with van der Waals surface area (Å²) in [5, 5.41) is 0.572. The van der Waals surface area contributed by atoms with Gasteiger partial charge in [0.25, 0.3) is 11.1 Å². The molecule has 4 saturated carbocycles. The molecule has 4 heterocycles. The van der Waals surface area contributed by atoms with Crippen molar-refractivity contribution in [2.75, 3.05) is 37.1 Å².